The van der Waals surface area contributed by atoms with Crippen molar-refractivity contribution < 1.29 is 14.4 Å². The third-order valence-electron chi connectivity index (χ3n) is 4.27. The van der Waals surface area contributed by atoms with Gasteiger partial charge in [0, 0.05) is 12.1 Å². The molecule has 0 saturated carbocycles. The van der Waals surface area contributed by atoms with Crippen LogP contribution in [0.1, 0.15) is 21.5 Å². The first-order valence-corrected chi connectivity index (χ1v) is 8.27. The zero-order chi connectivity index (χ0) is 17.8. The number of imide groups is 1. The van der Waals surface area contributed by atoms with E-state index in [1.54, 1.807) is 24.3 Å². The van der Waals surface area contributed by atoms with Crippen molar-refractivity contribution in [2.75, 3.05) is 19.6 Å². The maximum absolute atomic E-state index is 12.4. The molecular formula is C20H20N2O3. The number of carbonyl (C=O) groups is 3. The lowest BCUT2D eigenvalue weighted by Crippen LogP contribution is -2.55. The highest BCUT2D eigenvalue weighted by molar-refractivity contribution is 6.05. The molecule has 128 valence electrons. The van der Waals surface area contributed by atoms with E-state index >= 15 is 0 Å². The summed E-state index contributed by atoms with van der Waals surface area (Å²) in [6, 6.07) is 16.7. The smallest absolute Gasteiger partial charge is 0.254 e. The summed E-state index contributed by atoms with van der Waals surface area (Å²) in [5, 5.41) is 0. The van der Waals surface area contributed by atoms with E-state index in [4.69, 9.17) is 0 Å². The summed E-state index contributed by atoms with van der Waals surface area (Å²) in [6.07, 6.45) is 0.617. The number of hydrogen-bond acceptors (Lipinski definition) is 3. The van der Waals surface area contributed by atoms with Gasteiger partial charge < -0.3 is 4.90 Å². The van der Waals surface area contributed by atoms with E-state index in [2.05, 4.69) is 0 Å². The van der Waals surface area contributed by atoms with Crippen LogP contribution in [0.25, 0.3) is 0 Å². The van der Waals surface area contributed by atoms with Gasteiger partial charge in [0.15, 0.2) is 0 Å². The number of carbonyl (C=O) groups excluding carboxylic acids is 3. The van der Waals surface area contributed by atoms with Gasteiger partial charge in [0.05, 0.1) is 0 Å². The predicted octanol–water partition coefficient (Wildman–Crippen LogP) is 2.05. The van der Waals surface area contributed by atoms with E-state index in [1.807, 2.05) is 37.3 Å². The number of amides is 3. The summed E-state index contributed by atoms with van der Waals surface area (Å²) in [5.74, 6) is -0.943. The molecule has 0 aromatic heterocycles. The number of aryl methyl sites for hydroxylation is 1. The molecule has 25 heavy (non-hydrogen) atoms. The minimum Gasteiger partial charge on any atom is -0.320 e. The largest absolute Gasteiger partial charge is 0.320 e. The third kappa shape index (κ3) is 3.94. The summed E-state index contributed by atoms with van der Waals surface area (Å²) in [7, 11) is 0. The molecule has 5 heteroatoms. The molecule has 0 atom stereocenters. The predicted molar refractivity (Wildman–Crippen MR) is 93.9 cm³/mol. The zero-order valence-corrected chi connectivity index (χ0v) is 14.1. The van der Waals surface area contributed by atoms with Crippen molar-refractivity contribution in [1.82, 2.24) is 9.80 Å². The second kappa shape index (κ2) is 7.30. The Morgan fingerprint density at radius 3 is 2.28 bits per heavy atom. The van der Waals surface area contributed by atoms with E-state index in [0.29, 0.717) is 18.5 Å². The Hall–Kier alpha value is -2.95. The van der Waals surface area contributed by atoms with Crippen molar-refractivity contribution in [3.63, 3.8) is 0 Å². The first-order chi connectivity index (χ1) is 12.0. The first kappa shape index (κ1) is 16.9. The van der Waals surface area contributed by atoms with Crippen LogP contribution in [0.5, 0.6) is 0 Å². The topological polar surface area (TPSA) is 57.7 Å². The Bertz CT molecular complexity index is 784. The normalized spacial score (nSPS) is 14.8. The number of rotatable bonds is 4. The summed E-state index contributed by atoms with van der Waals surface area (Å²) in [6.45, 7) is 2.23. The highest BCUT2D eigenvalue weighted by atomic mass is 16.2. The highest BCUT2D eigenvalue weighted by Crippen LogP contribution is 2.12. The Morgan fingerprint density at radius 1 is 0.960 bits per heavy atom. The van der Waals surface area contributed by atoms with Gasteiger partial charge in [-0.25, -0.2) is 0 Å². The molecule has 1 heterocycles. The molecule has 0 bridgehead atoms. The molecule has 5 nitrogen and oxygen atoms in total. The number of hydrogen-bond donors (Lipinski definition) is 0. The zero-order valence-electron chi connectivity index (χ0n) is 14.1. The van der Waals surface area contributed by atoms with E-state index in [9.17, 15) is 14.4 Å². The lowest BCUT2D eigenvalue weighted by Gasteiger charge is -2.32. The van der Waals surface area contributed by atoms with E-state index in [1.165, 1.54) is 9.80 Å². The molecular weight excluding hydrogens is 316 g/mol. The average molecular weight is 336 g/mol. The fourth-order valence-electron chi connectivity index (χ4n) is 2.96. The minimum atomic E-state index is -0.326. The van der Waals surface area contributed by atoms with Gasteiger partial charge in [-0.2, -0.15) is 0 Å². The summed E-state index contributed by atoms with van der Waals surface area (Å²) in [4.78, 5) is 39.7. The monoisotopic (exact) mass is 336 g/mol. The van der Waals surface area contributed by atoms with Gasteiger partial charge in [0.1, 0.15) is 13.1 Å². The van der Waals surface area contributed by atoms with Gasteiger partial charge >= 0.3 is 0 Å². The van der Waals surface area contributed by atoms with Crippen LogP contribution in [0.4, 0.5) is 0 Å². The lowest BCUT2D eigenvalue weighted by molar-refractivity contribution is -0.150. The van der Waals surface area contributed by atoms with Crippen LogP contribution < -0.4 is 0 Å². The Kier molecular flexibility index (Phi) is 4.93. The quantitative estimate of drug-likeness (QED) is 0.803. The number of piperazine rings is 1. The molecule has 2 aromatic carbocycles. The fraction of sp³-hybridized carbons (Fsp3) is 0.250. The van der Waals surface area contributed by atoms with Gasteiger partial charge in [-0.1, -0.05) is 48.0 Å². The van der Waals surface area contributed by atoms with Crippen molar-refractivity contribution in [3.05, 3.63) is 71.3 Å². The highest BCUT2D eigenvalue weighted by Gasteiger charge is 2.33. The summed E-state index contributed by atoms with van der Waals surface area (Å²) < 4.78 is 0. The second-order valence-corrected chi connectivity index (χ2v) is 6.21. The molecule has 1 aliphatic rings. The van der Waals surface area contributed by atoms with Gasteiger partial charge in [0.25, 0.3) is 5.91 Å². The summed E-state index contributed by atoms with van der Waals surface area (Å²) in [5.41, 5.74) is 2.72. The molecule has 3 amide bonds. The maximum Gasteiger partial charge on any atom is 0.254 e. The average Bonchev–Trinajstić information content (AvgIpc) is 2.61. The van der Waals surface area contributed by atoms with Crippen LogP contribution in [-0.2, 0) is 16.0 Å². The van der Waals surface area contributed by atoms with Crippen LogP contribution in [0.3, 0.4) is 0 Å². The van der Waals surface area contributed by atoms with E-state index in [0.717, 1.165) is 11.1 Å². The molecule has 0 unspecified atom stereocenters. The standard InChI is InChI=1S/C20H20N2O3/c1-15-6-5-7-16(12-15)10-11-22-18(23)13-21(14-19(22)24)20(25)17-8-3-2-4-9-17/h2-9,12H,10-11,13-14H2,1H3. The van der Waals surface area contributed by atoms with Gasteiger partial charge in [-0.05, 0) is 31.0 Å². The van der Waals surface area contributed by atoms with Crippen molar-refractivity contribution >= 4 is 17.7 Å². The molecule has 1 fully saturated rings. The second-order valence-electron chi connectivity index (χ2n) is 6.21. The molecule has 0 radical (unpaired) electrons. The van der Waals surface area contributed by atoms with E-state index < -0.39 is 0 Å². The molecule has 0 spiro atoms. The van der Waals surface area contributed by atoms with Gasteiger partial charge in [-0.3, -0.25) is 19.3 Å². The van der Waals surface area contributed by atoms with Crippen molar-refractivity contribution in [2.24, 2.45) is 0 Å². The van der Waals surface area contributed by atoms with Gasteiger partial charge in [0.2, 0.25) is 11.8 Å². The van der Waals surface area contributed by atoms with Gasteiger partial charge in [-0.15, -0.1) is 0 Å². The minimum absolute atomic E-state index is 0.0622. The van der Waals surface area contributed by atoms with Crippen molar-refractivity contribution in [3.8, 4) is 0 Å². The maximum atomic E-state index is 12.4. The van der Waals surface area contributed by atoms with Crippen LogP contribution >= 0.6 is 0 Å². The Labute approximate surface area is 146 Å². The number of benzene rings is 2. The third-order valence-corrected chi connectivity index (χ3v) is 4.27. The molecule has 3 rings (SSSR count). The van der Waals surface area contributed by atoms with Crippen molar-refractivity contribution in [2.45, 2.75) is 13.3 Å². The van der Waals surface area contributed by atoms with Crippen molar-refractivity contribution in [1.29, 1.82) is 0 Å². The summed E-state index contributed by atoms with van der Waals surface area (Å²) >= 11 is 0. The van der Waals surface area contributed by atoms with Crippen LogP contribution in [0, 0.1) is 6.92 Å². The molecule has 1 saturated heterocycles. The SMILES string of the molecule is Cc1cccc(CCN2C(=O)CN(C(=O)c3ccccc3)CC2=O)c1. The first-order valence-electron chi connectivity index (χ1n) is 8.27. The molecule has 1 aliphatic heterocycles. The molecule has 2 aromatic rings. The van der Waals surface area contributed by atoms with Crippen LogP contribution in [0.15, 0.2) is 54.6 Å². The Balaban J connectivity index is 1.63. The van der Waals surface area contributed by atoms with E-state index in [-0.39, 0.29) is 30.8 Å². The fourth-order valence-corrected chi connectivity index (χ4v) is 2.96. The lowest BCUT2D eigenvalue weighted by atomic mass is 10.1. The van der Waals surface area contributed by atoms with Crippen LogP contribution in [0.2, 0.25) is 0 Å². The molecule has 0 aliphatic carbocycles. The number of nitrogens with zero attached hydrogens (tertiary/aromatic N) is 2. The Morgan fingerprint density at radius 2 is 1.64 bits per heavy atom. The molecule has 0 N–H and O–H groups in total. The van der Waals surface area contributed by atoms with Crippen LogP contribution in [-0.4, -0.2) is 47.2 Å².